The number of hydrogen-bond donors (Lipinski definition) is 2. The molecule has 0 saturated carbocycles. The van der Waals surface area contributed by atoms with Crippen LogP contribution in [-0.4, -0.2) is 18.4 Å². The number of primary amides is 1. The number of hydrogen-bond acceptors (Lipinski definition) is 4. The molecule has 2 amide bonds. The molecule has 110 valence electrons. The van der Waals surface area contributed by atoms with Crippen LogP contribution in [0.4, 0.5) is 5.00 Å². The summed E-state index contributed by atoms with van der Waals surface area (Å²) in [6.45, 7) is 1.67. The zero-order valence-electron chi connectivity index (χ0n) is 11.2. The molecule has 2 aromatic rings. The van der Waals surface area contributed by atoms with Crippen molar-refractivity contribution in [3.05, 3.63) is 45.8 Å². The highest BCUT2D eigenvalue weighted by Crippen LogP contribution is 2.23. The Morgan fingerprint density at radius 2 is 2.14 bits per heavy atom. The Hall–Kier alpha value is -2.05. The van der Waals surface area contributed by atoms with Crippen molar-refractivity contribution in [2.24, 2.45) is 5.73 Å². The molecule has 0 aliphatic carbocycles. The molecule has 0 aliphatic rings. The van der Waals surface area contributed by atoms with Crippen molar-refractivity contribution >= 4 is 39.8 Å². The maximum atomic E-state index is 11.8. The van der Waals surface area contributed by atoms with E-state index in [4.69, 9.17) is 22.1 Å². The lowest BCUT2D eigenvalue weighted by molar-refractivity contribution is -0.118. The SMILES string of the molecule is Cc1cc(Cl)ccc1OCC(=O)Nc1sccc1C(N)=O. The molecule has 0 bridgehead atoms. The predicted octanol–water partition coefficient (Wildman–Crippen LogP) is 2.83. The van der Waals surface area contributed by atoms with E-state index in [0.717, 1.165) is 5.56 Å². The summed E-state index contributed by atoms with van der Waals surface area (Å²) < 4.78 is 5.42. The van der Waals surface area contributed by atoms with Gasteiger partial charge < -0.3 is 15.8 Å². The number of nitrogens with one attached hydrogen (secondary N) is 1. The Bertz CT molecular complexity index is 685. The molecule has 3 N–H and O–H groups in total. The van der Waals surface area contributed by atoms with E-state index in [9.17, 15) is 9.59 Å². The lowest BCUT2D eigenvalue weighted by atomic mass is 10.2. The fraction of sp³-hybridized carbons (Fsp3) is 0.143. The Balaban J connectivity index is 1.96. The largest absolute Gasteiger partial charge is 0.483 e. The van der Waals surface area contributed by atoms with E-state index in [2.05, 4.69) is 5.32 Å². The van der Waals surface area contributed by atoms with Gasteiger partial charge in [-0.15, -0.1) is 11.3 Å². The third-order valence-electron chi connectivity index (χ3n) is 2.68. The number of carbonyl (C=O) groups excluding carboxylic acids is 2. The molecule has 0 spiro atoms. The number of ether oxygens (including phenoxy) is 1. The van der Waals surface area contributed by atoms with Gasteiger partial charge in [0.2, 0.25) is 0 Å². The van der Waals surface area contributed by atoms with E-state index < -0.39 is 5.91 Å². The lowest BCUT2D eigenvalue weighted by Crippen LogP contribution is -2.22. The summed E-state index contributed by atoms with van der Waals surface area (Å²) in [6, 6.07) is 6.70. The highest BCUT2D eigenvalue weighted by atomic mass is 35.5. The third-order valence-corrected chi connectivity index (χ3v) is 3.74. The van der Waals surface area contributed by atoms with Crippen LogP contribution in [0.3, 0.4) is 0 Å². The fourth-order valence-corrected chi connectivity index (χ4v) is 2.72. The number of carbonyl (C=O) groups is 2. The summed E-state index contributed by atoms with van der Waals surface area (Å²) in [6.07, 6.45) is 0. The highest BCUT2D eigenvalue weighted by Gasteiger charge is 2.13. The van der Waals surface area contributed by atoms with E-state index in [1.165, 1.54) is 11.3 Å². The topological polar surface area (TPSA) is 81.4 Å². The van der Waals surface area contributed by atoms with Crippen LogP contribution in [0.15, 0.2) is 29.6 Å². The smallest absolute Gasteiger partial charge is 0.262 e. The zero-order valence-corrected chi connectivity index (χ0v) is 12.8. The predicted molar refractivity (Wildman–Crippen MR) is 83.2 cm³/mol. The molecule has 0 unspecified atom stereocenters. The minimum atomic E-state index is -0.582. The summed E-state index contributed by atoms with van der Waals surface area (Å²) in [5.74, 6) is -0.369. The van der Waals surface area contributed by atoms with Crippen molar-refractivity contribution < 1.29 is 14.3 Å². The van der Waals surface area contributed by atoms with Crippen LogP contribution in [0.25, 0.3) is 0 Å². The molecule has 1 heterocycles. The molecule has 2 rings (SSSR count). The van der Waals surface area contributed by atoms with Gasteiger partial charge in [-0.3, -0.25) is 9.59 Å². The van der Waals surface area contributed by atoms with Crippen LogP contribution < -0.4 is 15.8 Å². The Kier molecular flexibility index (Phi) is 4.82. The number of anilines is 1. The van der Waals surface area contributed by atoms with Crippen LogP contribution >= 0.6 is 22.9 Å². The summed E-state index contributed by atoms with van der Waals surface area (Å²) in [5, 5.41) is 5.31. The summed E-state index contributed by atoms with van der Waals surface area (Å²) in [5.41, 5.74) is 6.33. The van der Waals surface area contributed by atoms with Crippen molar-refractivity contribution in [1.29, 1.82) is 0 Å². The molecule has 0 atom stereocenters. The first-order chi connectivity index (χ1) is 9.97. The quantitative estimate of drug-likeness (QED) is 0.887. The first-order valence-corrected chi connectivity index (χ1v) is 7.29. The van der Waals surface area contributed by atoms with Gasteiger partial charge in [0, 0.05) is 5.02 Å². The summed E-state index contributed by atoms with van der Waals surface area (Å²) in [4.78, 5) is 23.0. The van der Waals surface area contributed by atoms with E-state index in [1.807, 2.05) is 6.92 Å². The highest BCUT2D eigenvalue weighted by molar-refractivity contribution is 7.14. The minimum absolute atomic E-state index is 0.168. The summed E-state index contributed by atoms with van der Waals surface area (Å²) in [7, 11) is 0. The minimum Gasteiger partial charge on any atom is -0.483 e. The molecule has 21 heavy (non-hydrogen) atoms. The molecule has 0 aliphatic heterocycles. The van der Waals surface area contributed by atoms with Crippen molar-refractivity contribution in [2.75, 3.05) is 11.9 Å². The Morgan fingerprint density at radius 1 is 1.38 bits per heavy atom. The van der Waals surface area contributed by atoms with Crippen LogP contribution in [-0.2, 0) is 4.79 Å². The maximum absolute atomic E-state index is 11.8. The second-order valence-corrected chi connectivity index (χ2v) is 5.63. The molecular weight excluding hydrogens is 312 g/mol. The van der Waals surface area contributed by atoms with E-state index in [1.54, 1.807) is 29.6 Å². The second kappa shape index (κ2) is 6.60. The first kappa shape index (κ1) is 15.3. The van der Waals surface area contributed by atoms with Gasteiger partial charge in [-0.1, -0.05) is 11.6 Å². The van der Waals surface area contributed by atoms with Crippen LogP contribution in [0, 0.1) is 6.92 Å². The average molecular weight is 325 g/mol. The number of amides is 2. The molecule has 7 heteroatoms. The van der Waals surface area contributed by atoms with Gasteiger partial charge in [-0.05, 0) is 42.1 Å². The molecule has 5 nitrogen and oxygen atoms in total. The molecule has 1 aromatic carbocycles. The van der Waals surface area contributed by atoms with E-state index >= 15 is 0 Å². The zero-order chi connectivity index (χ0) is 15.4. The van der Waals surface area contributed by atoms with Crippen LogP contribution in [0.2, 0.25) is 5.02 Å². The van der Waals surface area contributed by atoms with Gasteiger partial charge in [0.05, 0.1) is 5.56 Å². The van der Waals surface area contributed by atoms with Gasteiger partial charge in [-0.25, -0.2) is 0 Å². The number of benzene rings is 1. The van der Waals surface area contributed by atoms with Crippen molar-refractivity contribution in [3.8, 4) is 5.75 Å². The Morgan fingerprint density at radius 3 is 2.81 bits per heavy atom. The van der Waals surface area contributed by atoms with Crippen molar-refractivity contribution in [3.63, 3.8) is 0 Å². The molecule has 0 fully saturated rings. The maximum Gasteiger partial charge on any atom is 0.262 e. The number of halogens is 1. The molecule has 1 aromatic heterocycles. The van der Waals surface area contributed by atoms with Crippen LogP contribution in [0.5, 0.6) is 5.75 Å². The first-order valence-electron chi connectivity index (χ1n) is 6.03. The Labute approximate surface area is 130 Å². The fourth-order valence-electron chi connectivity index (χ4n) is 1.68. The van der Waals surface area contributed by atoms with Gasteiger partial charge in [-0.2, -0.15) is 0 Å². The van der Waals surface area contributed by atoms with Gasteiger partial charge >= 0.3 is 0 Å². The average Bonchev–Trinajstić information content (AvgIpc) is 2.86. The molecule has 0 radical (unpaired) electrons. The lowest BCUT2D eigenvalue weighted by Gasteiger charge is -2.09. The van der Waals surface area contributed by atoms with Gasteiger partial charge in [0.25, 0.3) is 11.8 Å². The number of thiophene rings is 1. The van der Waals surface area contributed by atoms with E-state index in [-0.39, 0.29) is 18.1 Å². The normalized spacial score (nSPS) is 10.2. The van der Waals surface area contributed by atoms with Crippen molar-refractivity contribution in [1.82, 2.24) is 0 Å². The standard InChI is InChI=1S/C14H13ClN2O3S/c1-8-6-9(15)2-3-11(8)20-7-12(18)17-14-10(13(16)19)4-5-21-14/h2-6H,7H2,1H3,(H2,16,19)(H,17,18). The number of aryl methyl sites for hydroxylation is 1. The van der Waals surface area contributed by atoms with E-state index in [0.29, 0.717) is 15.8 Å². The van der Waals surface area contributed by atoms with Gasteiger partial charge in [0.1, 0.15) is 10.8 Å². The van der Waals surface area contributed by atoms with Crippen molar-refractivity contribution in [2.45, 2.75) is 6.92 Å². The number of rotatable bonds is 5. The third kappa shape index (κ3) is 3.96. The summed E-state index contributed by atoms with van der Waals surface area (Å²) >= 11 is 7.07. The monoisotopic (exact) mass is 324 g/mol. The van der Waals surface area contributed by atoms with Crippen LogP contribution in [0.1, 0.15) is 15.9 Å². The van der Waals surface area contributed by atoms with Gasteiger partial charge in [0.15, 0.2) is 6.61 Å². The second-order valence-electron chi connectivity index (χ2n) is 4.27. The number of nitrogens with two attached hydrogens (primary N) is 1. The molecule has 0 saturated heterocycles. The molecular formula is C14H13ClN2O3S.